The van der Waals surface area contributed by atoms with Gasteiger partial charge in [0.2, 0.25) is 0 Å². The molecule has 2 aromatic heterocycles. The van der Waals surface area contributed by atoms with Gasteiger partial charge in [-0.1, -0.05) is 0 Å². The molecular weight excluding hydrogens is 293 g/mol. The van der Waals surface area contributed by atoms with Crippen molar-refractivity contribution in [2.75, 3.05) is 0 Å². The predicted molar refractivity (Wildman–Crippen MR) is 85.2 cm³/mol. The maximum Gasteiger partial charge on any atom is 0.138 e. The Morgan fingerprint density at radius 1 is 1.17 bits per heavy atom. The van der Waals surface area contributed by atoms with E-state index in [4.69, 9.17) is 0 Å². The molecule has 1 unspecified atom stereocenters. The average molecular weight is 309 g/mol. The van der Waals surface area contributed by atoms with Crippen molar-refractivity contribution >= 4 is 0 Å². The second kappa shape index (κ2) is 5.28. The number of pyridine rings is 1. The molecule has 0 saturated heterocycles. The number of nitrogens with zero attached hydrogens (tertiary/aromatic N) is 3. The zero-order valence-corrected chi connectivity index (χ0v) is 12.7. The molecule has 4 rings (SSSR count). The molecule has 0 bridgehead atoms. The first kappa shape index (κ1) is 14.1. The summed E-state index contributed by atoms with van der Waals surface area (Å²) in [6, 6.07) is 10.2. The van der Waals surface area contributed by atoms with E-state index in [1.54, 1.807) is 18.3 Å². The number of rotatable bonds is 2. The highest BCUT2D eigenvalue weighted by atomic mass is 19.1. The normalized spacial score (nSPS) is 16.6. The monoisotopic (exact) mass is 309 g/mol. The lowest BCUT2D eigenvalue weighted by Gasteiger charge is -2.09. The van der Waals surface area contributed by atoms with Crippen molar-refractivity contribution in [3.63, 3.8) is 0 Å². The molecule has 1 N–H and O–H groups in total. The zero-order valence-electron chi connectivity index (χ0n) is 12.7. The number of fused-ring (bicyclic) bond motifs is 1. The van der Waals surface area contributed by atoms with Gasteiger partial charge in [-0.15, -0.1) is 0 Å². The van der Waals surface area contributed by atoms with Crippen LogP contribution < -0.4 is 0 Å². The van der Waals surface area contributed by atoms with Crippen LogP contribution in [0.4, 0.5) is 4.39 Å². The minimum absolute atomic E-state index is 0.276. The summed E-state index contributed by atoms with van der Waals surface area (Å²) in [4.78, 5) is 8.89. The largest absolute Gasteiger partial charge is 0.385 e. The summed E-state index contributed by atoms with van der Waals surface area (Å²) in [5.74, 6) is 0.399. The van der Waals surface area contributed by atoms with Crippen molar-refractivity contribution in [1.29, 1.82) is 0 Å². The maximum absolute atomic E-state index is 13.2. The van der Waals surface area contributed by atoms with Gasteiger partial charge in [0.1, 0.15) is 17.7 Å². The fraction of sp³-hybridized carbons (Fsp3) is 0.222. The van der Waals surface area contributed by atoms with Crippen LogP contribution in [-0.4, -0.2) is 19.6 Å². The summed E-state index contributed by atoms with van der Waals surface area (Å²) >= 11 is 0. The number of hydrogen-bond acceptors (Lipinski definition) is 3. The number of benzene rings is 1. The van der Waals surface area contributed by atoms with E-state index in [0.29, 0.717) is 12.2 Å². The highest BCUT2D eigenvalue weighted by Gasteiger charge is 2.29. The van der Waals surface area contributed by atoms with Crippen LogP contribution in [0, 0.1) is 12.7 Å². The van der Waals surface area contributed by atoms with Crippen LogP contribution in [0.5, 0.6) is 0 Å². The van der Waals surface area contributed by atoms with Crippen molar-refractivity contribution in [3.05, 3.63) is 59.9 Å². The number of hydrogen-bond donors (Lipinski definition) is 1. The molecule has 1 aliphatic heterocycles. The molecule has 0 fully saturated rings. The predicted octanol–water partition coefficient (Wildman–Crippen LogP) is 3.50. The molecule has 1 aromatic carbocycles. The lowest BCUT2D eigenvalue weighted by Crippen LogP contribution is -1.97. The Balaban J connectivity index is 1.96. The highest BCUT2D eigenvalue weighted by Crippen LogP contribution is 2.38. The topological polar surface area (TPSA) is 50.9 Å². The Bertz CT molecular complexity index is 870. The average Bonchev–Trinajstić information content (AvgIpc) is 3.08. The van der Waals surface area contributed by atoms with Gasteiger partial charge < -0.3 is 9.67 Å². The van der Waals surface area contributed by atoms with E-state index in [1.807, 2.05) is 19.1 Å². The summed E-state index contributed by atoms with van der Waals surface area (Å²) in [6.07, 6.45) is 1.89. The molecule has 1 aliphatic rings. The van der Waals surface area contributed by atoms with Crippen molar-refractivity contribution < 1.29 is 9.50 Å². The van der Waals surface area contributed by atoms with Crippen molar-refractivity contribution in [2.45, 2.75) is 26.0 Å². The third-order valence-corrected chi connectivity index (χ3v) is 4.21. The van der Waals surface area contributed by atoms with Gasteiger partial charge in [0.05, 0.1) is 11.4 Å². The third-order valence-electron chi connectivity index (χ3n) is 4.21. The van der Waals surface area contributed by atoms with Crippen LogP contribution in [-0.2, 0) is 6.54 Å². The number of aryl methyl sites for hydroxylation is 1. The maximum atomic E-state index is 13.2. The van der Waals surface area contributed by atoms with E-state index in [2.05, 4.69) is 14.5 Å². The van der Waals surface area contributed by atoms with Gasteiger partial charge in [-0.25, -0.2) is 9.37 Å². The van der Waals surface area contributed by atoms with Crippen LogP contribution in [0.25, 0.3) is 22.5 Å². The summed E-state index contributed by atoms with van der Waals surface area (Å²) < 4.78 is 15.3. The lowest BCUT2D eigenvalue weighted by atomic mass is 10.0. The molecule has 1 atom stereocenters. The molecule has 0 spiro atoms. The number of aliphatic hydroxyl groups is 1. The number of imidazole rings is 1. The Kier molecular flexibility index (Phi) is 3.23. The van der Waals surface area contributed by atoms with Gasteiger partial charge in [-0.05, 0) is 49.7 Å². The van der Waals surface area contributed by atoms with Gasteiger partial charge in [0.15, 0.2) is 0 Å². The lowest BCUT2D eigenvalue weighted by molar-refractivity contribution is 0.176. The van der Waals surface area contributed by atoms with Crippen LogP contribution in [0.1, 0.15) is 24.0 Å². The van der Waals surface area contributed by atoms with Gasteiger partial charge in [0, 0.05) is 29.6 Å². The number of halogens is 1. The Hall–Kier alpha value is -2.53. The van der Waals surface area contributed by atoms with E-state index in [1.165, 1.54) is 12.1 Å². The zero-order chi connectivity index (χ0) is 16.0. The summed E-state index contributed by atoms with van der Waals surface area (Å²) in [5, 5.41) is 10.2. The van der Waals surface area contributed by atoms with E-state index in [9.17, 15) is 9.50 Å². The third kappa shape index (κ3) is 2.33. The van der Waals surface area contributed by atoms with Gasteiger partial charge in [-0.3, -0.25) is 4.98 Å². The first-order valence-corrected chi connectivity index (χ1v) is 7.61. The summed E-state index contributed by atoms with van der Waals surface area (Å²) in [5.41, 5.74) is 4.48. The Morgan fingerprint density at radius 3 is 2.70 bits per heavy atom. The molecule has 3 heterocycles. The smallest absolute Gasteiger partial charge is 0.138 e. The first-order chi connectivity index (χ1) is 11.1. The van der Waals surface area contributed by atoms with Crippen LogP contribution in [0.3, 0.4) is 0 Å². The molecule has 4 nitrogen and oxygen atoms in total. The molecule has 0 radical (unpaired) electrons. The van der Waals surface area contributed by atoms with E-state index < -0.39 is 6.10 Å². The van der Waals surface area contributed by atoms with E-state index in [-0.39, 0.29) is 5.82 Å². The first-order valence-electron chi connectivity index (χ1n) is 7.61. The Morgan fingerprint density at radius 2 is 1.96 bits per heavy atom. The van der Waals surface area contributed by atoms with Crippen molar-refractivity contribution in [3.8, 4) is 22.5 Å². The van der Waals surface area contributed by atoms with Crippen LogP contribution in [0.2, 0.25) is 0 Å². The Labute approximate surface area is 133 Å². The molecule has 23 heavy (non-hydrogen) atoms. The fourth-order valence-corrected chi connectivity index (χ4v) is 3.13. The minimum Gasteiger partial charge on any atom is -0.385 e. The second-order valence-corrected chi connectivity index (χ2v) is 5.82. The number of aromatic nitrogens is 3. The van der Waals surface area contributed by atoms with E-state index >= 15 is 0 Å². The molecule has 0 saturated carbocycles. The fourth-order valence-electron chi connectivity index (χ4n) is 3.13. The quantitative estimate of drug-likeness (QED) is 0.788. The van der Waals surface area contributed by atoms with Gasteiger partial charge >= 0.3 is 0 Å². The molecule has 0 aliphatic carbocycles. The van der Waals surface area contributed by atoms with E-state index in [0.717, 1.165) is 34.8 Å². The number of aliphatic hydroxyl groups excluding tert-OH is 1. The second-order valence-electron chi connectivity index (χ2n) is 5.82. The molecular formula is C18H16FN3O. The standard InChI is InChI=1S/C18H16FN3O/c1-11-10-13(6-8-20-11)17-16(12-2-4-14(19)5-3-12)21-18-15(23)7-9-22(17)18/h2-6,8,10,15,23H,7,9H2,1H3. The van der Waals surface area contributed by atoms with Crippen molar-refractivity contribution in [2.24, 2.45) is 0 Å². The molecule has 116 valence electrons. The molecule has 3 aromatic rings. The summed E-state index contributed by atoms with van der Waals surface area (Å²) in [7, 11) is 0. The van der Waals surface area contributed by atoms with Gasteiger partial charge in [0.25, 0.3) is 0 Å². The van der Waals surface area contributed by atoms with Crippen molar-refractivity contribution in [1.82, 2.24) is 14.5 Å². The molecule has 0 amide bonds. The highest BCUT2D eigenvalue weighted by molar-refractivity contribution is 5.79. The minimum atomic E-state index is -0.550. The summed E-state index contributed by atoms with van der Waals surface area (Å²) in [6.45, 7) is 2.67. The van der Waals surface area contributed by atoms with Crippen LogP contribution >= 0.6 is 0 Å². The van der Waals surface area contributed by atoms with Gasteiger partial charge in [-0.2, -0.15) is 0 Å². The molecule has 5 heteroatoms. The van der Waals surface area contributed by atoms with Crippen LogP contribution in [0.15, 0.2) is 42.6 Å². The SMILES string of the molecule is Cc1cc(-c2c(-c3ccc(F)cc3)nc3n2CCC3O)ccn1.